The molecule has 2 aromatic rings. The van der Waals surface area contributed by atoms with Crippen LogP contribution < -0.4 is 11.1 Å². The van der Waals surface area contributed by atoms with Gasteiger partial charge in [0.15, 0.2) is 5.76 Å². The van der Waals surface area contributed by atoms with Crippen LogP contribution in [0.25, 0.3) is 11.5 Å². The monoisotopic (exact) mass is 264 g/mol. The summed E-state index contributed by atoms with van der Waals surface area (Å²) >= 11 is 0. The molecule has 0 aliphatic rings. The lowest BCUT2D eigenvalue weighted by Crippen LogP contribution is -2.37. The lowest BCUT2D eigenvalue weighted by Gasteiger charge is -2.07. The van der Waals surface area contributed by atoms with E-state index in [0.717, 1.165) is 17.0 Å². The van der Waals surface area contributed by atoms with Gasteiger partial charge >= 0.3 is 0 Å². The van der Waals surface area contributed by atoms with Gasteiger partial charge < -0.3 is 20.6 Å². The zero-order valence-corrected chi connectivity index (χ0v) is 10.5. The molecule has 0 aromatic carbocycles. The Kier molecular flexibility index (Phi) is 3.98. The summed E-state index contributed by atoms with van der Waals surface area (Å²) in [5.41, 5.74) is 6.61. The number of carbonyl (C=O) groups excluding carboxylic acids is 1. The maximum atomic E-state index is 10.7. The van der Waals surface area contributed by atoms with Gasteiger partial charge in [-0.15, -0.1) is 0 Å². The quantitative estimate of drug-likeness (QED) is 0.582. The molecule has 0 bridgehead atoms. The number of nitrogens with zero attached hydrogens (tertiary/aromatic N) is 1. The van der Waals surface area contributed by atoms with Crippen LogP contribution in [0.5, 0.6) is 0 Å². The number of primary amides is 1. The first-order valence-electron chi connectivity index (χ1n) is 5.85. The fraction of sp³-hybridized carbons (Fsp3) is 0.333. The van der Waals surface area contributed by atoms with Crippen molar-refractivity contribution in [3.8, 4) is 11.5 Å². The molecule has 0 saturated heterocycles. The highest BCUT2D eigenvalue weighted by Crippen LogP contribution is 2.23. The third-order valence-electron chi connectivity index (χ3n) is 2.69. The molecule has 1 atom stereocenters. The second-order valence-electron chi connectivity index (χ2n) is 4.23. The summed E-state index contributed by atoms with van der Waals surface area (Å²) in [5, 5.41) is 19.0. The molecule has 0 aliphatic carbocycles. The third-order valence-corrected chi connectivity index (χ3v) is 2.69. The maximum absolute atomic E-state index is 10.7. The number of carbonyl (C=O) groups is 1. The van der Waals surface area contributed by atoms with Crippen LogP contribution >= 0.6 is 0 Å². The van der Waals surface area contributed by atoms with Gasteiger partial charge in [0.05, 0.1) is 6.20 Å². The number of aromatic amines is 1. The molecule has 2 aromatic heterocycles. The number of amides is 1. The molecule has 5 N–H and O–H groups in total. The largest absolute Gasteiger partial charge is 0.460 e. The standard InChI is InChI=1S/C12H16N4O3/c1-7-2-3-10(19-7)11-8(5-15-16-11)4-14-6-9(17)12(13)18/h2-3,5,9,14,17H,4,6H2,1H3,(H2,13,18)(H,15,16). The number of aliphatic hydroxyl groups is 1. The van der Waals surface area contributed by atoms with Crippen LogP contribution in [0.3, 0.4) is 0 Å². The van der Waals surface area contributed by atoms with Gasteiger partial charge in [0.2, 0.25) is 5.91 Å². The molecule has 7 nitrogen and oxygen atoms in total. The number of aliphatic hydroxyl groups excluding tert-OH is 1. The summed E-state index contributed by atoms with van der Waals surface area (Å²) in [4.78, 5) is 10.7. The number of aromatic nitrogens is 2. The van der Waals surface area contributed by atoms with Gasteiger partial charge in [-0.1, -0.05) is 0 Å². The first-order chi connectivity index (χ1) is 9.08. The van der Waals surface area contributed by atoms with E-state index in [1.54, 1.807) is 6.20 Å². The Balaban J connectivity index is 1.99. The Morgan fingerprint density at radius 3 is 3.05 bits per heavy atom. The number of H-pyrrole nitrogens is 1. The van der Waals surface area contributed by atoms with Crippen molar-refractivity contribution < 1.29 is 14.3 Å². The van der Waals surface area contributed by atoms with E-state index in [9.17, 15) is 9.90 Å². The summed E-state index contributed by atoms with van der Waals surface area (Å²) in [6.07, 6.45) is 0.470. The van der Waals surface area contributed by atoms with Crippen molar-refractivity contribution in [2.45, 2.75) is 19.6 Å². The van der Waals surface area contributed by atoms with Crippen LogP contribution in [-0.2, 0) is 11.3 Å². The average molecular weight is 264 g/mol. The summed E-state index contributed by atoms with van der Waals surface area (Å²) in [6, 6.07) is 3.72. The second-order valence-corrected chi connectivity index (χ2v) is 4.23. The van der Waals surface area contributed by atoms with Gasteiger partial charge in [-0.2, -0.15) is 5.10 Å². The van der Waals surface area contributed by atoms with Gasteiger partial charge in [-0.25, -0.2) is 0 Å². The Morgan fingerprint density at radius 1 is 1.63 bits per heavy atom. The fourth-order valence-electron chi connectivity index (χ4n) is 1.67. The lowest BCUT2D eigenvalue weighted by molar-refractivity contribution is -0.125. The van der Waals surface area contributed by atoms with Crippen molar-refractivity contribution in [1.29, 1.82) is 0 Å². The SMILES string of the molecule is Cc1ccc(-c2[nH]ncc2CNCC(O)C(N)=O)o1. The van der Waals surface area contributed by atoms with Crippen LogP contribution in [-0.4, -0.2) is 33.9 Å². The highest BCUT2D eigenvalue weighted by molar-refractivity contribution is 5.78. The Labute approximate surface area is 109 Å². The lowest BCUT2D eigenvalue weighted by atomic mass is 10.2. The van der Waals surface area contributed by atoms with E-state index in [4.69, 9.17) is 10.2 Å². The van der Waals surface area contributed by atoms with Crippen molar-refractivity contribution >= 4 is 5.91 Å². The topological polar surface area (TPSA) is 117 Å². The van der Waals surface area contributed by atoms with Crippen molar-refractivity contribution in [3.05, 3.63) is 29.7 Å². The molecule has 0 spiro atoms. The van der Waals surface area contributed by atoms with Crippen LogP contribution in [0.15, 0.2) is 22.7 Å². The zero-order chi connectivity index (χ0) is 13.8. The average Bonchev–Trinajstić information content (AvgIpc) is 2.97. The number of rotatable bonds is 6. The molecule has 7 heteroatoms. The minimum atomic E-state index is -1.19. The van der Waals surface area contributed by atoms with Crippen molar-refractivity contribution in [1.82, 2.24) is 15.5 Å². The molecular formula is C12H16N4O3. The van der Waals surface area contributed by atoms with E-state index in [-0.39, 0.29) is 6.54 Å². The molecule has 2 heterocycles. The predicted octanol–water partition coefficient (Wildman–Crippen LogP) is -0.0861. The van der Waals surface area contributed by atoms with Crippen LogP contribution in [0.1, 0.15) is 11.3 Å². The Bertz CT molecular complexity index is 561. The van der Waals surface area contributed by atoms with Crippen molar-refractivity contribution in [2.24, 2.45) is 5.73 Å². The second kappa shape index (κ2) is 5.68. The van der Waals surface area contributed by atoms with E-state index in [2.05, 4.69) is 15.5 Å². The maximum Gasteiger partial charge on any atom is 0.247 e. The van der Waals surface area contributed by atoms with E-state index in [1.807, 2.05) is 19.1 Å². The summed E-state index contributed by atoms with van der Waals surface area (Å²) in [6.45, 7) is 2.40. The molecule has 1 unspecified atom stereocenters. The first-order valence-corrected chi connectivity index (χ1v) is 5.85. The Morgan fingerprint density at radius 2 is 2.42 bits per heavy atom. The predicted molar refractivity (Wildman–Crippen MR) is 67.9 cm³/mol. The third kappa shape index (κ3) is 3.21. The van der Waals surface area contributed by atoms with Crippen molar-refractivity contribution in [2.75, 3.05) is 6.54 Å². The van der Waals surface area contributed by atoms with Gasteiger partial charge in [0.1, 0.15) is 17.6 Å². The molecule has 0 fully saturated rings. The van der Waals surface area contributed by atoms with Gasteiger partial charge in [-0.3, -0.25) is 9.89 Å². The van der Waals surface area contributed by atoms with E-state index in [0.29, 0.717) is 12.3 Å². The van der Waals surface area contributed by atoms with Crippen LogP contribution in [0, 0.1) is 6.92 Å². The molecule has 2 rings (SSSR count). The van der Waals surface area contributed by atoms with Gasteiger partial charge in [-0.05, 0) is 19.1 Å². The summed E-state index contributed by atoms with van der Waals surface area (Å²) in [5.74, 6) is 0.761. The number of hydrogen-bond donors (Lipinski definition) is 4. The molecule has 102 valence electrons. The molecule has 0 radical (unpaired) electrons. The first kappa shape index (κ1) is 13.3. The van der Waals surface area contributed by atoms with E-state index in [1.165, 1.54) is 0 Å². The summed E-state index contributed by atoms with van der Waals surface area (Å²) in [7, 11) is 0. The fourth-order valence-corrected chi connectivity index (χ4v) is 1.67. The zero-order valence-electron chi connectivity index (χ0n) is 10.5. The molecule has 0 saturated carbocycles. The minimum absolute atomic E-state index is 0.0944. The normalized spacial score (nSPS) is 12.5. The van der Waals surface area contributed by atoms with E-state index >= 15 is 0 Å². The molecular weight excluding hydrogens is 248 g/mol. The molecule has 1 amide bonds. The summed E-state index contributed by atoms with van der Waals surface area (Å²) < 4.78 is 5.51. The van der Waals surface area contributed by atoms with Gasteiger partial charge in [0.25, 0.3) is 0 Å². The smallest absolute Gasteiger partial charge is 0.247 e. The highest BCUT2D eigenvalue weighted by Gasteiger charge is 2.13. The minimum Gasteiger partial charge on any atom is -0.460 e. The Hall–Kier alpha value is -2.12. The van der Waals surface area contributed by atoms with Crippen LogP contribution in [0.2, 0.25) is 0 Å². The molecule has 0 aliphatic heterocycles. The number of nitrogens with two attached hydrogens (primary N) is 1. The van der Waals surface area contributed by atoms with E-state index < -0.39 is 12.0 Å². The highest BCUT2D eigenvalue weighted by atomic mass is 16.3. The van der Waals surface area contributed by atoms with Crippen LogP contribution in [0.4, 0.5) is 0 Å². The number of furan rings is 1. The van der Waals surface area contributed by atoms with Crippen molar-refractivity contribution in [3.63, 3.8) is 0 Å². The van der Waals surface area contributed by atoms with Gasteiger partial charge in [0, 0.05) is 18.7 Å². The number of hydrogen-bond acceptors (Lipinski definition) is 5. The molecule has 19 heavy (non-hydrogen) atoms. The number of aryl methyl sites for hydroxylation is 1. The number of nitrogens with one attached hydrogen (secondary N) is 2.